The van der Waals surface area contributed by atoms with Gasteiger partial charge in [0.05, 0.1) is 30.6 Å². The SMILES string of the molecule is CN(C)S(=O)(=O)N1CCC2(CC1)CC(OCc1ccccn1)CO2.O=C(O)C(F)(F)F. The maximum absolute atomic E-state index is 12.2. The van der Waals surface area contributed by atoms with E-state index in [0.717, 1.165) is 12.1 Å². The zero-order valence-corrected chi connectivity index (χ0v) is 18.0. The van der Waals surface area contributed by atoms with Crippen molar-refractivity contribution in [1.29, 1.82) is 0 Å². The van der Waals surface area contributed by atoms with Gasteiger partial charge in [-0.15, -0.1) is 0 Å². The summed E-state index contributed by atoms with van der Waals surface area (Å²) in [7, 11) is -0.209. The Hall–Kier alpha value is -1.80. The first-order valence-electron chi connectivity index (χ1n) is 9.49. The van der Waals surface area contributed by atoms with Gasteiger partial charge in [0.2, 0.25) is 0 Å². The highest BCUT2D eigenvalue weighted by molar-refractivity contribution is 7.86. The minimum atomic E-state index is -5.08. The number of aromatic nitrogens is 1. The van der Waals surface area contributed by atoms with Crippen LogP contribution in [0.3, 0.4) is 0 Å². The first-order chi connectivity index (χ1) is 14.4. The summed E-state index contributed by atoms with van der Waals surface area (Å²) in [5.74, 6) is -2.76. The molecule has 1 atom stereocenters. The molecular formula is C18H26F3N3O6S. The lowest BCUT2D eigenvalue weighted by Gasteiger charge is -2.38. The zero-order valence-electron chi connectivity index (χ0n) is 17.2. The molecule has 3 rings (SSSR count). The van der Waals surface area contributed by atoms with Gasteiger partial charge >= 0.3 is 12.1 Å². The summed E-state index contributed by atoms with van der Waals surface area (Å²) in [5.41, 5.74) is 0.665. The van der Waals surface area contributed by atoms with Crippen LogP contribution < -0.4 is 0 Å². The van der Waals surface area contributed by atoms with Crippen LogP contribution in [0, 0.1) is 0 Å². The molecule has 2 saturated heterocycles. The summed E-state index contributed by atoms with van der Waals surface area (Å²) in [6.45, 7) is 2.03. The van der Waals surface area contributed by atoms with Crippen molar-refractivity contribution in [2.75, 3.05) is 33.8 Å². The molecule has 13 heteroatoms. The predicted octanol–water partition coefficient (Wildman–Crippen LogP) is 1.66. The van der Waals surface area contributed by atoms with Crippen LogP contribution in [0.15, 0.2) is 24.4 Å². The van der Waals surface area contributed by atoms with Crippen LogP contribution in [0.5, 0.6) is 0 Å². The number of nitrogens with zero attached hydrogens (tertiary/aromatic N) is 3. The van der Waals surface area contributed by atoms with E-state index < -0.39 is 22.4 Å². The molecule has 0 radical (unpaired) electrons. The first kappa shape index (κ1) is 25.5. The van der Waals surface area contributed by atoms with Crippen molar-refractivity contribution < 1.29 is 41.0 Å². The van der Waals surface area contributed by atoms with Gasteiger partial charge in [-0.2, -0.15) is 30.2 Å². The lowest BCUT2D eigenvalue weighted by Crippen LogP contribution is -2.49. The van der Waals surface area contributed by atoms with Gasteiger partial charge < -0.3 is 14.6 Å². The van der Waals surface area contributed by atoms with Gasteiger partial charge in [0, 0.05) is 39.8 Å². The van der Waals surface area contributed by atoms with Crippen LogP contribution in [0.1, 0.15) is 25.0 Å². The third kappa shape index (κ3) is 7.10. The Bertz CT molecular complexity index is 828. The number of hydrogen-bond donors (Lipinski definition) is 1. The van der Waals surface area contributed by atoms with E-state index in [9.17, 15) is 21.6 Å². The van der Waals surface area contributed by atoms with Crippen molar-refractivity contribution in [3.05, 3.63) is 30.1 Å². The molecule has 1 unspecified atom stereocenters. The number of carbonyl (C=O) groups is 1. The van der Waals surface area contributed by atoms with Crippen molar-refractivity contribution >= 4 is 16.2 Å². The van der Waals surface area contributed by atoms with E-state index in [4.69, 9.17) is 19.4 Å². The Morgan fingerprint density at radius 2 is 1.97 bits per heavy atom. The maximum atomic E-state index is 12.2. The Morgan fingerprint density at radius 1 is 1.35 bits per heavy atom. The topological polar surface area (TPSA) is 109 Å². The molecule has 0 bridgehead atoms. The lowest BCUT2D eigenvalue weighted by atomic mass is 9.89. The Balaban J connectivity index is 0.000000423. The van der Waals surface area contributed by atoms with Crippen molar-refractivity contribution in [2.24, 2.45) is 0 Å². The van der Waals surface area contributed by atoms with Crippen molar-refractivity contribution in [3.63, 3.8) is 0 Å². The fraction of sp³-hybridized carbons (Fsp3) is 0.667. The molecule has 0 saturated carbocycles. The minimum absolute atomic E-state index is 0.0454. The molecule has 1 N–H and O–H groups in total. The number of alkyl halides is 3. The van der Waals surface area contributed by atoms with Gasteiger partial charge in [-0.3, -0.25) is 4.98 Å². The standard InChI is InChI=1S/C16H25N3O4S.C2HF3O2/c1-18(2)24(20,21)19-9-6-16(7-10-19)11-15(13-23-16)22-12-14-5-3-4-8-17-14;3-2(4,5)1(6)7/h3-5,8,15H,6-7,9-13H2,1-2H3;(H,6,7). The van der Waals surface area contributed by atoms with Gasteiger partial charge in [-0.1, -0.05) is 6.07 Å². The minimum Gasteiger partial charge on any atom is -0.475 e. The number of pyridine rings is 1. The summed E-state index contributed by atoms with van der Waals surface area (Å²) >= 11 is 0. The number of rotatable bonds is 5. The van der Waals surface area contributed by atoms with E-state index in [1.165, 1.54) is 8.61 Å². The van der Waals surface area contributed by atoms with E-state index in [1.807, 2.05) is 18.2 Å². The number of hydrogen-bond acceptors (Lipinski definition) is 6. The second kappa shape index (κ2) is 10.2. The van der Waals surface area contributed by atoms with Crippen molar-refractivity contribution in [1.82, 2.24) is 13.6 Å². The second-order valence-electron chi connectivity index (χ2n) is 7.44. The Morgan fingerprint density at radius 3 is 2.45 bits per heavy atom. The normalized spacial score (nSPS) is 21.7. The van der Waals surface area contributed by atoms with E-state index in [2.05, 4.69) is 4.98 Å². The largest absolute Gasteiger partial charge is 0.490 e. The van der Waals surface area contributed by atoms with Gasteiger partial charge in [0.15, 0.2) is 0 Å². The molecule has 0 aliphatic carbocycles. The van der Waals surface area contributed by atoms with Crippen LogP contribution in [-0.2, 0) is 31.1 Å². The smallest absolute Gasteiger partial charge is 0.475 e. The average Bonchev–Trinajstić information content (AvgIpc) is 3.09. The maximum Gasteiger partial charge on any atom is 0.490 e. The molecule has 1 aromatic rings. The number of ether oxygens (including phenoxy) is 2. The average molecular weight is 469 g/mol. The number of halogens is 3. The monoisotopic (exact) mass is 469 g/mol. The zero-order chi connectivity index (χ0) is 23.3. The van der Waals surface area contributed by atoms with E-state index in [0.29, 0.717) is 39.1 Å². The van der Waals surface area contributed by atoms with Gasteiger partial charge in [0.1, 0.15) is 0 Å². The highest BCUT2D eigenvalue weighted by atomic mass is 32.2. The summed E-state index contributed by atoms with van der Waals surface area (Å²) < 4.78 is 70.9. The van der Waals surface area contributed by atoms with E-state index in [-0.39, 0.29) is 11.7 Å². The highest BCUT2D eigenvalue weighted by Gasteiger charge is 2.45. The summed E-state index contributed by atoms with van der Waals surface area (Å²) in [6.07, 6.45) is -1.04. The van der Waals surface area contributed by atoms with Crippen LogP contribution in [0.2, 0.25) is 0 Å². The molecule has 31 heavy (non-hydrogen) atoms. The van der Waals surface area contributed by atoms with Crippen LogP contribution in [0.25, 0.3) is 0 Å². The number of aliphatic carboxylic acids is 1. The van der Waals surface area contributed by atoms with Gasteiger partial charge in [-0.25, -0.2) is 4.79 Å². The summed E-state index contributed by atoms with van der Waals surface area (Å²) in [4.78, 5) is 13.1. The quantitative estimate of drug-likeness (QED) is 0.699. The fourth-order valence-corrected chi connectivity index (χ4v) is 4.41. The number of carboxylic acid groups (broad SMARTS) is 1. The van der Waals surface area contributed by atoms with Gasteiger partial charge in [0.25, 0.3) is 10.2 Å². The predicted molar refractivity (Wildman–Crippen MR) is 103 cm³/mol. The second-order valence-corrected chi connectivity index (χ2v) is 9.59. The van der Waals surface area contributed by atoms with Crippen molar-refractivity contribution in [2.45, 2.75) is 43.8 Å². The summed E-state index contributed by atoms with van der Waals surface area (Å²) in [6, 6.07) is 5.77. The molecule has 2 fully saturated rings. The Labute approximate surface area is 178 Å². The molecule has 176 valence electrons. The molecule has 0 aromatic carbocycles. The van der Waals surface area contributed by atoms with Crippen LogP contribution in [0.4, 0.5) is 13.2 Å². The molecular weight excluding hydrogens is 443 g/mol. The van der Waals surface area contributed by atoms with Crippen LogP contribution in [-0.4, -0.2) is 84.8 Å². The van der Waals surface area contributed by atoms with E-state index in [1.54, 1.807) is 20.3 Å². The third-order valence-electron chi connectivity index (χ3n) is 5.03. The lowest BCUT2D eigenvalue weighted by molar-refractivity contribution is -0.192. The highest BCUT2D eigenvalue weighted by Crippen LogP contribution is 2.37. The third-order valence-corrected chi connectivity index (χ3v) is 6.97. The summed E-state index contributed by atoms with van der Waals surface area (Å²) in [5, 5.41) is 7.12. The fourth-order valence-electron chi connectivity index (χ4n) is 3.30. The number of piperidine rings is 1. The van der Waals surface area contributed by atoms with Crippen molar-refractivity contribution in [3.8, 4) is 0 Å². The number of carboxylic acids is 1. The molecule has 1 aromatic heterocycles. The first-order valence-corrected chi connectivity index (χ1v) is 10.9. The molecule has 0 amide bonds. The molecule has 2 aliphatic rings. The van der Waals surface area contributed by atoms with E-state index >= 15 is 0 Å². The molecule has 9 nitrogen and oxygen atoms in total. The molecule has 2 aliphatic heterocycles. The molecule has 3 heterocycles. The molecule has 1 spiro atoms. The van der Waals surface area contributed by atoms with Gasteiger partial charge in [-0.05, 0) is 25.0 Å². The Kier molecular flexibility index (Phi) is 8.39. The van der Waals surface area contributed by atoms with Crippen LogP contribution >= 0.6 is 0 Å².